The van der Waals surface area contributed by atoms with E-state index in [9.17, 15) is 14.9 Å². The van der Waals surface area contributed by atoms with Crippen molar-refractivity contribution in [1.29, 1.82) is 0 Å². The number of benzene rings is 3. The summed E-state index contributed by atoms with van der Waals surface area (Å²) in [6, 6.07) is 17.3. The first-order valence-electron chi connectivity index (χ1n) is 9.68. The predicted molar refractivity (Wildman–Crippen MR) is 141 cm³/mol. The van der Waals surface area contributed by atoms with E-state index in [1.54, 1.807) is 24.3 Å². The van der Waals surface area contributed by atoms with Gasteiger partial charge >= 0.3 is 0 Å². The number of non-ortho nitro benzene ring substituents is 1. The number of amides is 1. The van der Waals surface area contributed by atoms with Gasteiger partial charge in [0.15, 0.2) is 5.75 Å². The minimum atomic E-state index is -0.471. The van der Waals surface area contributed by atoms with E-state index in [0.29, 0.717) is 37.7 Å². The summed E-state index contributed by atoms with van der Waals surface area (Å²) in [5.74, 6) is 0.0878. The van der Waals surface area contributed by atoms with Crippen LogP contribution in [0.2, 0.25) is 5.02 Å². The van der Waals surface area contributed by atoms with E-state index in [2.05, 4.69) is 42.4 Å². The molecule has 0 aliphatic heterocycles. The molecule has 7 nitrogen and oxygen atoms in total. The molecule has 1 amide bonds. The number of ether oxygens (including phenoxy) is 1. The van der Waals surface area contributed by atoms with Crippen LogP contribution in [-0.2, 0) is 6.61 Å². The summed E-state index contributed by atoms with van der Waals surface area (Å²) < 4.78 is 8.26. The van der Waals surface area contributed by atoms with E-state index < -0.39 is 10.8 Å². The molecule has 0 bridgehead atoms. The number of hydrazone groups is 1. The number of hydrogen-bond acceptors (Lipinski definition) is 6. The normalized spacial score (nSPS) is 11.1. The van der Waals surface area contributed by atoms with E-state index in [0.717, 1.165) is 14.7 Å². The Balaban J connectivity index is 1.41. The zero-order valence-corrected chi connectivity index (χ0v) is 21.9. The molecular formula is C23H14Br2ClN3O4S. The van der Waals surface area contributed by atoms with Gasteiger partial charge in [0.05, 0.1) is 25.5 Å². The Labute approximate surface area is 219 Å². The molecule has 0 spiro atoms. The number of fused-ring (bicyclic) bond motifs is 1. The maximum absolute atomic E-state index is 12.4. The lowest BCUT2D eigenvalue weighted by atomic mass is 10.2. The van der Waals surface area contributed by atoms with Crippen LogP contribution in [0.5, 0.6) is 5.75 Å². The minimum Gasteiger partial charge on any atom is -0.486 e. The highest BCUT2D eigenvalue weighted by Gasteiger charge is 2.13. The maximum Gasteiger partial charge on any atom is 0.281 e. The first-order valence-corrected chi connectivity index (χ1v) is 12.5. The van der Waals surface area contributed by atoms with Gasteiger partial charge in [-0.15, -0.1) is 11.3 Å². The number of nitro benzene ring substituents is 1. The first kappa shape index (κ1) is 24.3. The van der Waals surface area contributed by atoms with Crippen LogP contribution in [0, 0.1) is 10.1 Å². The largest absolute Gasteiger partial charge is 0.486 e. The SMILES string of the molecule is O=C(N/N=C\c1cc(Cl)c(OCc2ccc(Br)cc2)c(Br)c1)c1cc2cc([N+](=O)[O-])ccc2s1. The van der Waals surface area contributed by atoms with Crippen LogP contribution < -0.4 is 10.2 Å². The number of nitrogens with zero attached hydrogens (tertiary/aromatic N) is 2. The molecule has 1 aromatic heterocycles. The van der Waals surface area contributed by atoms with Gasteiger partial charge < -0.3 is 4.74 Å². The van der Waals surface area contributed by atoms with Crippen molar-refractivity contribution >= 4 is 82.7 Å². The Morgan fingerprint density at radius 2 is 1.91 bits per heavy atom. The highest BCUT2D eigenvalue weighted by atomic mass is 79.9. The fourth-order valence-corrected chi connectivity index (χ4v) is 5.19. The number of nitrogens with one attached hydrogen (secondary N) is 1. The highest BCUT2D eigenvalue weighted by Crippen LogP contribution is 2.35. The Morgan fingerprint density at radius 1 is 1.15 bits per heavy atom. The Hall–Kier alpha value is -2.79. The molecule has 0 unspecified atom stereocenters. The van der Waals surface area contributed by atoms with Gasteiger partial charge in [-0.05, 0) is 63.5 Å². The number of carbonyl (C=O) groups is 1. The minimum absolute atomic E-state index is 0.0259. The molecule has 0 aliphatic rings. The second kappa shape index (κ2) is 10.6. The van der Waals surface area contributed by atoms with Gasteiger partial charge in [0.2, 0.25) is 0 Å². The van der Waals surface area contributed by atoms with Gasteiger partial charge in [0.25, 0.3) is 11.6 Å². The van der Waals surface area contributed by atoms with Gasteiger partial charge in [-0.25, -0.2) is 5.43 Å². The first-order chi connectivity index (χ1) is 16.3. The standard InChI is InChI=1S/C23H14Br2ClN3O4S/c24-16-3-1-13(2-4-16)12-33-22-18(25)7-14(8-19(22)26)11-27-28-23(30)21-10-15-9-17(29(31)32)5-6-20(15)34-21/h1-11H,12H2,(H,28,30)/b27-11-. The van der Waals surface area contributed by atoms with E-state index in [-0.39, 0.29) is 5.69 Å². The summed E-state index contributed by atoms with van der Waals surface area (Å²) in [4.78, 5) is 23.3. The summed E-state index contributed by atoms with van der Waals surface area (Å²) in [7, 11) is 0. The Morgan fingerprint density at radius 3 is 2.62 bits per heavy atom. The summed E-state index contributed by atoms with van der Waals surface area (Å²) in [6.07, 6.45) is 1.46. The smallest absolute Gasteiger partial charge is 0.281 e. The van der Waals surface area contributed by atoms with Gasteiger partial charge in [-0.1, -0.05) is 39.7 Å². The topological polar surface area (TPSA) is 93.8 Å². The number of rotatable bonds is 7. The number of hydrogen-bond donors (Lipinski definition) is 1. The quantitative estimate of drug-likeness (QED) is 0.133. The van der Waals surface area contributed by atoms with E-state index in [1.165, 1.54) is 29.7 Å². The summed E-state index contributed by atoms with van der Waals surface area (Å²) >= 11 is 14.5. The average Bonchev–Trinajstić information content (AvgIpc) is 3.23. The molecule has 172 valence electrons. The van der Waals surface area contributed by atoms with Crippen molar-refractivity contribution in [3.05, 3.63) is 101 Å². The van der Waals surface area contributed by atoms with Gasteiger partial charge in [-0.2, -0.15) is 5.10 Å². The van der Waals surface area contributed by atoms with E-state index in [1.807, 2.05) is 24.3 Å². The van der Waals surface area contributed by atoms with Crippen LogP contribution in [0.15, 0.2) is 74.7 Å². The van der Waals surface area contributed by atoms with E-state index >= 15 is 0 Å². The average molecular weight is 624 g/mol. The lowest BCUT2D eigenvalue weighted by Crippen LogP contribution is -2.16. The molecule has 0 radical (unpaired) electrons. The van der Waals surface area contributed by atoms with Crippen LogP contribution in [0.1, 0.15) is 20.8 Å². The van der Waals surface area contributed by atoms with Gasteiger partial charge in [0, 0.05) is 26.7 Å². The van der Waals surface area contributed by atoms with Crippen molar-refractivity contribution in [2.45, 2.75) is 6.61 Å². The molecule has 0 aliphatic carbocycles. The van der Waals surface area contributed by atoms with Gasteiger partial charge in [0.1, 0.15) is 6.61 Å². The lowest BCUT2D eigenvalue weighted by Gasteiger charge is -2.11. The van der Waals surface area contributed by atoms with Gasteiger partial charge in [-0.3, -0.25) is 14.9 Å². The molecule has 4 rings (SSSR count). The fraction of sp³-hybridized carbons (Fsp3) is 0.0435. The molecule has 0 fully saturated rings. The lowest BCUT2D eigenvalue weighted by molar-refractivity contribution is -0.384. The number of thiophene rings is 1. The summed E-state index contributed by atoms with van der Waals surface area (Å²) in [5.41, 5.74) is 4.09. The number of carbonyl (C=O) groups excluding carboxylic acids is 1. The van der Waals surface area contributed by atoms with E-state index in [4.69, 9.17) is 16.3 Å². The van der Waals surface area contributed by atoms with Crippen molar-refractivity contribution in [3.63, 3.8) is 0 Å². The van der Waals surface area contributed by atoms with Crippen LogP contribution in [0.4, 0.5) is 5.69 Å². The van der Waals surface area contributed by atoms with Crippen molar-refractivity contribution < 1.29 is 14.5 Å². The molecule has 0 saturated heterocycles. The molecule has 1 N–H and O–H groups in total. The number of nitro groups is 1. The van der Waals surface area contributed by atoms with Crippen LogP contribution in [0.25, 0.3) is 10.1 Å². The molecule has 11 heteroatoms. The molecule has 4 aromatic rings. The van der Waals surface area contributed by atoms with Crippen LogP contribution in [-0.4, -0.2) is 17.0 Å². The fourth-order valence-electron chi connectivity index (χ4n) is 3.00. The van der Waals surface area contributed by atoms with Crippen molar-refractivity contribution in [1.82, 2.24) is 5.43 Å². The monoisotopic (exact) mass is 621 g/mol. The Bertz CT molecular complexity index is 1400. The van der Waals surface area contributed by atoms with Crippen LogP contribution >= 0.6 is 54.8 Å². The zero-order chi connectivity index (χ0) is 24.2. The summed E-state index contributed by atoms with van der Waals surface area (Å²) in [5, 5.41) is 15.9. The predicted octanol–water partition coefficient (Wildman–Crippen LogP) is 7.33. The molecular weight excluding hydrogens is 610 g/mol. The van der Waals surface area contributed by atoms with Crippen molar-refractivity contribution in [3.8, 4) is 5.75 Å². The van der Waals surface area contributed by atoms with Crippen molar-refractivity contribution in [2.24, 2.45) is 5.10 Å². The molecule has 3 aromatic carbocycles. The zero-order valence-electron chi connectivity index (χ0n) is 17.1. The molecule has 0 saturated carbocycles. The molecule has 1 heterocycles. The second-order valence-corrected chi connectivity index (χ2v) is 10.3. The summed E-state index contributed by atoms with van der Waals surface area (Å²) in [6.45, 7) is 0.355. The third-order valence-corrected chi connectivity index (χ3v) is 7.14. The third-order valence-electron chi connectivity index (χ3n) is 4.63. The molecule has 34 heavy (non-hydrogen) atoms. The van der Waals surface area contributed by atoms with Crippen LogP contribution in [0.3, 0.4) is 0 Å². The van der Waals surface area contributed by atoms with Crippen molar-refractivity contribution in [2.75, 3.05) is 0 Å². The third kappa shape index (κ3) is 5.82. The maximum atomic E-state index is 12.4. The molecule has 0 atom stereocenters. The number of halogens is 3. The Kier molecular flexibility index (Phi) is 7.62. The second-order valence-electron chi connectivity index (χ2n) is 7.02. The highest BCUT2D eigenvalue weighted by molar-refractivity contribution is 9.10.